The van der Waals surface area contributed by atoms with E-state index in [0.717, 1.165) is 16.5 Å². The molecule has 2 N–H and O–H groups in total. The number of carbonyl (C=O) groups is 1. The molecule has 0 bridgehead atoms. The minimum atomic E-state index is -0.545. The molecule has 1 unspecified atom stereocenters. The highest BCUT2D eigenvalue weighted by atomic mass is 16.5. The van der Waals surface area contributed by atoms with Crippen molar-refractivity contribution < 1.29 is 14.6 Å². The standard InChI is InChI=1S/C19H26N2O3/c1-20-13-16(22)14-21(2)19(23)11-6-12-24-18-10-5-8-15-7-3-4-9-17(15)18/h3-5,7-10,16,20,22H,6,11-14H2,1-2H3. The van der Waals surface area contributed by atoms with Crippen LogP contribution in [-0.2, 0) is 4.79 Å². The number of nitrogens with one attached hydrogen (secondary N) is 1. The van der Waals surface area contributed by atoms with Crippen LogP contribution >= 0.6 is 0 Å². The number of aliphatic hydroxyl groups excluding tert-OH is 1. The molecule has 24 heavy (non-hydrogen) atoms. The van der Waals surface area contributed by atoms with Crippen molar-refractivity contribution in [1.29, 1.82) is 0 Å². The van der Waals surface area contributed by atoms with Crippen LogP contribution < -0.4 is 10.1 Å². The highest BCUT2D eigenvalue weighted by Crippen LogP contribution is 2.25. The molecule has 0 spiro atoms. The molecule has 0 aromatic heterocycles. The molecule has 0 fully saturated rings. The van der Waals surface area contributed by atoms with E-state index in [1.807, 2.05) is 30.3 Å². The Morgan fingerprint density at radius 2 is 2.00 bits per heavy atom. The second kappa shape index (κ2) is 9.25. The number of aliphatic hydroxyl groups is 1. The molecular formula is C19H26N2O3. The Morgan fingerprint density at radius 3 is 2.79 bits per heavy atom. The summed E-state index contributed by atoms with van der Waals surface area (Å²) in [5.41, 5.74) is 0. The molecule has 130 valence electrons. The Bertz CT molecular complexity index is 655. The summed E-state index contributed by atoms with van der Waals surface area (Å²) >= 11 is 0. The van der Waals surface area contributed by atoms with Gasteiger partial charge in [-0.05, 0) is 24.9 Å². The van der Waals surface area contributed by atoms with Crippen molar-refractivity contribution >= 4 is 16.7 Å². The number of likely N-dealkylation sites (N-methyl/N-ethyl adjacent to an activating group) is 2. The van der Waals surface area contributed by atoms with Crippen molar-refractivity contribution in [2.75, 3.05) is 33.8 Å². The van der Waals surface area contributed by atoms with Crippen LogP contribution in [0.1, 0.15) is 12.8 Å². The third-order valence-corrected chi connectivity index (χ3v) is 3.89. The number of hydrogen-bond donors (Lipinski definition) is 2. The van der Waals surface area contributed by atoms with Crippen LogP contribution in [0.5, 0.6) is 5.75 Å². The number of amides is 1. The fraction of sp³-hybridized carbons (Fsp3) is 0.421. The van der Waals surface area contributed by atoms with Crippen molar-refractivity contribution in [2.24, 2.45) is 0 Å². The molecule has 0 saturated carbocycles. The normalized spacial score (nSPS) is 12.1. The Kier molecular flexibility index (Phi) is 7.03. The van der Waals surface area contributed by atoms with E-state index < -0.39 is 6.10 Å². The molecule has 0 radical (unpaired) electrons. The van der Waals surface area contributed by atoms with E-state index in [-0.39, 0.29) is 5.91 Å². The lowest BCUT2D eigenvalue weighted by atomic mass is 10.1. The summed E-state index contributed by atoms with van der Waals surface area (Å²) in [4.78, 5) is 13.6. The Labute approximate surface area is 143 Å². The highest BCUT2D eigenvalue weighted by molar-refractivity contribution is 5.88. The molecule has 5 heteroatoms. The van der Waals surface area contributed by atoms with Crippen LogP contribution in [0.3, 0.4) is 0 Å². The van der Waals surface area contributed by atoms with Gasteiger partial charge >= 0.3 is 0 Å². The van der Waals surface area contributed by atoms with E-state index in [1.165, 1.54) is 0 Å². The van der Waals surface area contributed by atoms with Gasteiger partial charge in [0.25, 0.3) is 0 Å². The van der Waals surface area contributed by atoms with Crippen molar-refractivity contribution in [3.63, 3.8) is 0 Å². The molecule has 1 amide bonds. The highest BCUT2D eigenvalue weighted by Gasteiger charge is 2.13. The van der Waals surface area contributed by atoms with Crippen molar-refractivity contribution in [3.8, 4) is 5.75 Å². The quantitative estimate of drug-likeness (QED) is 0.691. The summed E-state index contributed by atoms with van der Waals surface area (Å²) < 4.78 is 5.84. The van der Waals surface area contributed by atoms with E-state index in [0.29, 0.717) is 32.5 Å². The number of carbonyl (C=O) groups excluding carboxylic acids is 1. The van der Waals surface area contributed by atoms with E-state index in [1.54, 1.807) is 19.0 Å². The molecule has 0 aliphatic rings. The summed E-state index contributed by atoms with van der Waals surface area (Å²) in [5, 5.41) is 14.8. The summed E-state index contributed by atoms with van der Waals surface area (Å²) in [6.07, 6.45) is 0.512. The molecule has 0 saturated heterocycles. The number of rotatable bonds is 9. The lowest BCUT2D eigenvalue weighted by molar-refractivity contribution is -0.131. The average Bonchev–Trinajstić information content (AvgIpc) is 2.58. The first-order chi connectivity index (χ1) is 11.6. The Hall–Kier alpha value is -2.11. The first-order valence-corrected chi connectivity index (χ1v) is 8.29. The van der Waals surface area contributed by atoms with E-state index in [9.17, 15) is 9.90 Å². The Balaban J connectivity index is 1.77. The summed E-state index contributed by atoms with van der Waals surface area (Å²) in [6.45, 7) is 1.30. The molecule has 0 heterocycles. The van der Waals surface area contributed by atoms with Gasteiger partial charge in [0.05, 0.1) is 12.7 Å². The van der Waals surface area contributed by atoms with Crippen LogP contribution in [0.2, 0.25) is 0 Å². The molecule has 0 aliphatic heterocycles. The molecule has 0 aliphatic carbocycles. The maximum atomic E-state index is 12.0. The molecule has 1 atom stereocenters. The molecule has 2 rings (SSSR count). The molecular weight excluding hydrogens is 304 g/mol. The fourth-order valence-electron chi connectivity index (χ4n) is 2.64. The predicted molar refractivity (Wildman–Crippen MR) is 96.2 cm³/mol. The van der Waals surface area contributed by atoms with Gasteiger partial charge < -0.3 is 20.1 Å². The van der Waals surface area contributed by atoms with Gasteiger partial charge in [0.1, 0.15) is 5.75 Å². The van der Waals surface area contributed by atoms with Gasteiger partial charge in [0.2, 0.25) is 5.91 Å². The van der Waals surface area contributed by atoms with Crippen LogP contribution in [0.4, 0.5) is 0 Å². The number of benzene rings is 2. The fourth-order valence-corrected chi connectivity index (χ4v) is 2.64. The average molecular weight is 330 g/mol. The minimum Gasteiger partial charge on any atom is -0.493 e. The minimum absolute atomic E-state index is 0.0201. The van der Waals surface area contributed by atoms with Crippen LogP contribution in [0.25, 0.3) is 10.8 Å². The largest absolute Gasteiger partial charge is 0.493 e. The van der Waals surface area contributed by atoms with Crippen LogP contribution in [0, 0.1) is 0 Å². The monoisotopic (exact) mass is 330 g/mol. The van der Waals surface area contributed by atoms with Gasteiger partial charge in [-0.25, -0.2) is 0 Å². The zero-order valence-corrected chi connectivity index (χ0v) is 14.4. The SMILES string of the molecule is CNCC(O)CN(C)C(=O)CCCOc1cccc2ccccc12. The summed E-state index contributed by atoms with van der Waals surface area (Å²) in [7, 11) is 3.49. The van der Waals surface area contributed by atoms with Gasteiger partial charge in [-0.1, -0.05) is 36.4 Å². The third kappa shape index (κ3) is 5.22. The lowest BCUT2D eigenvalue weighted by Gasteiger charge is -2.20. The van der Waals surface area contributed by atoms with Crippen LogP contribution in [0.15, 0.2) is 42.5 Å². The van der Waals surface area contributed by atoms with Gasteiger partial charge in [-0.15, -0.1) is 0 Å². The second-order valence-corrected chi connectivity index (χ2v) is 5.92. The number of fused-ring (bicyclic) bond motifs is 1. The summed E-state index contributed by atoms with van der Waals surface area (Å²) in [6, 6.07) is 14.1. The van der Waals surface area contributed by atoms with Crippen molar-refractivity contribution in [3.05, 3.63) is 42.5 Å². The third-order valence-electron chi connectivity index (χ3n) is 3.89. The van der Waals surface area contributed by atoms with Gasteiger partial charge in [0, 0.05) is 31.9 Å². The second-order valence-electron chi connectivity index (χ2n) is 5.92. The molecule has 2 aromatic carbocycles. The maximum absolute atomic E-state index is 12.0. The van der Waals surface area contributed by atoms with Crippen LogP contribution in [-0.4, -0.2) is 55.8 Å². The zero-order valence-electron chi connectivity index (χ0n) is 14.4. The topological polar surface area (TPSA) is 61.8 Å². The first-order valence-electron chi connectivity index (χ1n) is 8.29. The van der Waals surface area contributed by atoms with E-state index >= 15 is 0 Å². The molecule has 5 nitrogen and oxygen atoms in total. The van der Waals surface area contributed by atoms with Crippen molar-refractivity contribution in [1.82, 2.24) is 10.2 Å². The van der Waals surface area contributed by atoms with E-state index in [4.69, 9.17) is 4.74 Å². The number of nitrogens with zero attached hydrogens (tertiary/aromatic N) is 1. The lowest BCUT2D eigenvalue weighted by Crippen LogP contribution is -2.38. The van der Waals surface area contributed by atoms with Crippen molar-refractivity contribution in [2.45, 2.75) is 18.9 Å². The first kappa shape index (κ1) is 18.2. The van der Waals surface area contributed by atoms with Gasteiger partial charge in [0.15, 0.2) is 0 Å². The predicted octanol–water partition coefficient (Wildman–Crippen LogP) is 2.04. The smallest absolute Gasteiger partial charge is 0.222 e. The summed E-state index contributed by atoms with van der Waals surface area (Å²) in [5.74, 6) is 0.866. The maximum Gasteiger partial charge on any atom is 0.222 e. The van der Waals surface area contributed by atoms with E-state index in [2.05, 4.69) is 17.4 Å². The number of ether oxygens (including phenoxy) is 1. The zero-order chi connectivity index (χ0) is 17.4. The number of hydrogen-bond acceptors (Lipinski definition) is 4. The van der Waals surface area contributed by atoms with Gasteiger partial charge in [-0.3, -0.25) is 4.79 Å². The molecule has 2 aromatic rings. The Morgan fingerprint density at radius 1 is 1.25 bits per heavy atom. The van der Waals surface area contributed by atoms with Gasteiger partial charge in [-0.2, -0.15) is 0 Å².